The van der Waals surface area contributed by atoms with E-state index in [2.05, 4.69) is 20.3 Å². The molecule has 210 valence electrons. The first kappa shape index (κ1) is 26.7. The summed E-state index contributed by atoms with van der Waals surface area (Å²) < 4.78 is 0. The maximum absolute atomic E-state index is 13.1. The van der Waals surface area contributed by atoms with Gasteiger partial charge in [0.05, 0.1) is 34.0 Å². The summed E-state index contributed by atoms with van der Waals surface area (Å²) in [5.74, 6) is -0.446. The number of hydrogen-bond donors (Lipinski definition) is 4. The third kappa shape index (κ3) is 5.09. The van der Waals surface area contributed by atoms with Gasteiger partial charge in [-0.3, -0.25) is 24.1 Å². The Balaban J connectivity index is 1.22. The number of likely N-dealkylation sites (tertiary alicyclic amines) is 1. The van der Waals surface area contributed by atoms with Gasteiger partial charge in [-0.15, -0.1) is 0 Å². The van der Waals surface area contributed by atoms with Crippen molar-refractivity contribution in [2.75, 3.05) is 31.5 Å². The lowest BCUT2D eigenvalue weighted by molar-refractivity contribution is -0.127. The van der Waals surface area contributed by atoms with E-state index in [9.17, 15) is 24.3 Å². The monoisotopic (exact) mass is 574 g/mol. The van der Waals surface area contributed by atoms with Gasteiger partial charge >= 0.3 is 0 Å². The van der Waals surface area contributed by atoms with Gasteiger partial charge < -0.3 is 25.3 Å². The molecule has 4 heterocycles. The summed E-state index contributed by atoms with van der Waals surface area (Å²) in [4.78, 5) is 64.2. The number of aliphatic hydroxyl groups is 1. The van der Waals surface area contributed by atoms with Crippen molar-refractivity contribution in [3.63, 3.8) is 0 Å². The highest BCUT2D eigenvalue weighted by Crippen LogP contribution is 2.30. The molecular weight excluding hydrogens is 548 g/mol. The molecule has 0 saturated carbocycles. The van der Waals surface area contributed by atoms with Crippen LogP contribution >= 0.6 is 11.6 Å². The van der Waals surface area contributed by atoms with Gasteiger partial charge in [-0.05, 0) is 48.7 Å². The molecule has 0 bridgehead atoms. The minimum atomic E-state index is -0.879. The van der Waals surface area contributed by atoms with Gasteiger partial charge in [0, 0.05) is 43.8 Å². The van der Waals surface area contributed by atoms with E-state index in [-0.39, 0.29) is 41.5 Å². The summed E-state index contributed by atoms with van der Waals surface area (Å²) in [6.07, 6.45) is 2.50. The summed E-state index contributed by atoms with van der Waals surface area (Å²) in [7, 11) is 0. The first-order valence-electron chi connectivity index (χ1n) is 13.4. The number of aromatic nitrogens is 3. The lowest BCUT2D eigenvalue weighted by Gasteiger charge is -2.18. The van der Waals surface area contributed by atoms with Gasteiger partial charge in [-0.1, -0.05) is 23.7 Å². The van der Waals surface area contributed by atoms with Crippen LogP contribution in [0.1, 0.15) is 51.6 Å². The number of H-pyrrole nitrogens is 2. The van der Waals surface area contributed by atoms with E-state index in [1.165, 1.54) is 11.1 Å². The van der Waals surface area contributed by atoms with E-state index in [1.807, 2.05) is 0 Å². The second kappa shape index (κ2) is 10.8. The lowest BCUT2D eigenvalue weighted by Crippen LogP contribution is -2.34. The predicted octanol–water partition coefficient (Wildman–Crippen LogP) is 3.33. The topological polar surface area (TPSA) is 151 Å². The van der Waals surface area contributed by atoms with Crippen molar-refractivity contribution in [3.8, 4) is 11.4 Å². The maximum atomic E-state index is 13.1. The van der Waals surface area contributed by atoms with Crippen LogP contribution in [0.3, 0.4) is 0 Å². The Morgan fingerprint density at radius 1 is 1.05 bits per heavy atom. The molecule has 2 aliphatic heterocycles. The van der Waals surface area contributed by atoms with Crippen molar-refractivity contribution in [1.82, 2.24) is 24.8 Å². The number of pyridine rings is 1. The molecule has 1 atom stereocenters. The number of amides is 3. The summed E-state index contributed by atoms with van der Waals surface area (Å²) in [6, 6.07) is 11.7. The Morgan fingerprint density at radius 3 is 2.61 bits per heavy atom. The van der Waals surface area contributed by atoms with Gasteiger partial charge in [0.1, 0.15) is 11.4 Å². The molecule has 2 aliphatic rings. The van der Waals surface area contributed by atoms with Crippen LogP contribution in [0.2, 0.25) is 5.02 Å². The van der Waals surface area contributed by atoms with Crippen LogP contribution < -0.4 is 10.9 Å². The second-order valence-electron chi connectivity index (χ2n) is 10.1. The number of nitrogens with zero attached hydrogens (tertiary/aromatic N) is 3. The fourth-order valence-corrected chi connectivity index (χ4v) is 5.57. The van der Waals surface area contributed by atoms with E-state index >= 15 is 0 Å². The fourth-order valence-electron chi connectivity index (χ4n) is 5.37. The molecule has 4 aromatic rings. The zero-order valence-electron chi connectivity index (χ0n) is 21.9. The summed E-state index contributed by atoms with van der Waals surface area (Å²) in [5.41, 5.74) is 2.32. The Kier molecular flexibility index (Phi) is 7.06. The SMILES string of the molecule is O=C1CCCN1CCCN1C(=O)c2cc3nc(-c4c(NC[C@@H](O)c5cccc(Cl)c5)cc[nH]c4=O)[nH]c3cc2C1=O. The second-order valence-corrected chi connectivity index (χ2v) is 10.6. The van der Waals surface area contributed by atoms with Crippen LogP contribution in [-0.4, -0.2) is 73.8 Å². The smallest absolute Gasteiger partial charge is 0.261 e. The molecule has 6 rings (SSSR count). The minimum Gasteiger partial charge on any atom is -0.387 e. The third-order valence-corrected chi connectivity index (χ3v) is 7.71. The Morgan fingerprint density at radius 2 is 1.85 bits per heavy atom. The molecule has 1 fully saturated rings. The fraction of sp³-hybridized carbons (Fsp3) is 0.276. The van der Waals surface area contributed by atoms with E-state index < -0.39 is 23.5 Å². The number of aromatic amines is 2. The average Bonchev–Trinajstić information content (AvgIpc) is 3.63. The highest BCUT2D eigenvalue weighted by molar-refractivity contribution is 6.30. The van der Waals surface area contributed by atoms with Crippen molar-refractivity contribution in [2.45, 2.75) is 25.4 Å². The summed E-state index contributed by atoms with van der Waals surface area (Å²) in [5, 5.41) is 14.2. The van der Waals surface area contributed by atoms with Gasteiger partial charge in [0.25, 0.3) is 17.4 Å². The Labute approximate surface area is 239 Å². The minimum absolute atomic E-state index is 0.107. The molecule has 12 heteroatoms. The first-order valence-corrected chi connectivity index (χ1v) is 13.7. The Hall–Kier alpha value is -4.48. The van der Waals surface area contributed by atoms with Crippen molar-refractivity contribution in [1.29, 1.82) is 0 Å². The van der Waals surface area contributed by atoms with Crippen LogP contribution in [0.5, 0.6) is 0 Å². The number of carbonyl (C=O) groups is 3. The molecule has 4 N–H and O–H groups in total. The van der Waals surface area contributed by atoms with E-state index in [1.54, 1.807) is 47.4 Å². The number of hydrogen-bond acceptors (Lipinski definition) is 7. The molecule has 0 aliphatic carbocycles. The van der Waals surface area contributed by atoms with Crippen LogP contribution in [0, 0.1) is 0 Å². The van der Waals surface area contributed by atoms with Crippen molar-refractivity contribution >= 4 is 46.0 Å². The summed E-state index contributed by atoms with van der Waals surface area (Å²) >= 11 is 6.04. The largest absolute Gasteiger partial charge is 0.387 e. The number of anilines is 1. The van der Waals surface area contributed by atoms with E-state index in [0.717, 1.165) is 6.42 Å². The van der Waals surface area contributed by atoms with Crippen LogP contribution in [-0.2, 0) is 4.79 Å². The molecule has 2 aromatic carbocycles. The highest BCUT2D eigenvalue weighted by Gasteiger charge is 2.36. The maximum Gasteiger partial charge on any atom is 0.261 e. The third-order valence-electron chi connectivity index (χ3n) is 7.47. The number of halogens is 1. The molecule has 2 aromatic heterocycles. The number of benzene rings is 2. The lowest BCUT2D eigenvalue weighted by atomic mass is 10.1. The van der Waals surface area contributed by atoms with Gasteiger partial charge in [-0.2, -0.15) is 0 Å². The molecule has 1 saturated heterocycles. The van der Waals surface area contributed by atoms with Crippen molar-refractivity contribution in [3.05, 3.63) is 80.7 Å². The zero-order valence-corrected chi connectivity index (χ0v) is 22.7. The molecule has 0 unspecified atom stereocenters. The van der Waals surface area contributed by atoms with Crippen LogP contribution in [0.4, 0.5) is 5.69 Å². The standard InChI is InChI=1S/C29H27ClN6O5/c30-17-5-1-4-16(12-17)23(37)15-32-20-7-8-31-27(39)25(20)26-33-21-13-18-19(14-22(21)34-26)29(41)36(28(18)40)11-3-10-35-9-2-6-24(35)38/h1,4-5,7-8,12-14,23,37H,2-3,6,9-11,15H2,(H,33,34)(H2,31,32,39)/t23-/m1/s1. The number of carbonyl (C=O) groups excluding carboxylic acids is 3. The zero-order chi connectivity index (χ0) is 28.7. The Bertz CT molecular complexity index is 1690. The molecule has 0 radical (unpaired) electrons. The normalized spacial score (nSPS) is 15.7. The van der Waals surface area contributed by atoms with Crippen molar-refractivity contribution < 1.29 is 19.5 Å². The van der Waals surface area contributed by atoms with Gasteiger partial charge in [0.15, 0.2) is 0 Å². The molecular formula is C29H27ClN6O5. The van der Waals surface area contributed by atoms with Crippen LogP contribution in [0.25, 0.3) is 22.4 Å². The molecule has 0 spiro atoms. The van der Waals surface area contributed by atoms with Gasteiger partial charge in [-0.25, -0.2) is 4.98 Å². The molecule has 11 nitrogen and oxygen atoms in total. The first-order chi connectivity index (χ1) is 19.8. The average molecular weight is 575 g/mol. The number of fused-ring (bicyclic) bond motifs is 2. The number of rotatable bonds is 9. The number of imidazole rings is 1. The van der Waals surface area contributed by atoms with Crippen LogP contribution in [0.15, 0.2) is 53.5 Å². The van der Waals surface area contributed by atoms with E-state index in [4.69, 9.17) is 11.6 Å². The quantitative estimate of drug-likeness (QED) is 0.224. The van der Waals surface area contributed by atoms with E-state index in [0.29, 0.717) is 53.2 Å². The molecule has 3 amide bonds. The number of imide groups is 1. The molecule has 41 heavy (non-hydrogen) atoms. The summed E-state index contributed by atoms with van der Waals surface area (Å²) in [6.45, 7) is 1.55. The predicted molar refractivity (Wildman–Crippen MR) is 153 cm³/mol. The van der Waals surface area contributed by atoms with Gasteiger partial charge in [0.2, 0.25) is 5.91 Å². The van der Waals surface area contributed by atoms with Crippen molar-refractivity contribution in [2.24, 2.45) is 0 Å². The highest BCUT2D eigenvalue weighted by atomic mass is 35.5. The number of aliphatic hydroxyl groups excluding tert-OH is 1. The number of nitrogens with one attached hydrogen (secondary N) is 3.